The highest BCUT2D eigenvalue weighted by molar-refractivity contribution is 7.81. The van der Waals surface area contributed by atoms with Crippen LogP contribution in [0.3, 0.4) is 0 Å². The zero-order valence-electron chi connectivity index (χ0n) is 16.1. The first-order valence-electron chi connectivity index (χ1n) is 9.44. The highest BCUT2D eigenvalue weighted by atomic mass is 32.2. The van der Waals surface area contributed by atoms with E-state index in [9.17, 15) is 14.1 Å². The molecule has 4 nitrogen and oxygen atoms in total. The number of aliphatic carboxylic acids is 1. The highest BCUT2D eigenvalue weighted by Gasteiger charge is 2.50. The summed E-state index contributed by atoms with van der Waals surface area (Å²) >= 11 is -1.54. The predicted molar refractivity (Wildman–Crippen MR) is 99.2 cm³/mol. The van der Waals surface area contributed by atoms with Gasteiger partial charge in [-0.3, -0.25) is 8.98 Å². The molecular weight excluding hydrogens is 324 g/mol. The van der Waals surface area contributed by atoms with Crippen LogP contribution in [0, 0.1) is 11.3 Å². The molecule has 0 spiro atoms. The maximum atomic E-state index is 12.7. The van der Waals surface area contributed by atoms with Gasteiger partial charge in [-0.05, 0) is 37.5 Å². The normalized spacial score (nSPS) is 33.8. The zero-order chi connectivity index (χ0) is 18.4. The molecule has 0 aromatic rings. The Bertz CT molecular complexity index is 437. The second-order valence-electron chi connectivity index (χ2n) is 8.45. The molecule has 1 aliphatic rings. The smallest absolute Gasteiger partial charge is 0.304 e. The average molecular weight is 361 g/mol. The molecule has 1 fully saturated rings. The van der Waals surface area contributed by atoms with Crippen molar-refractivity contribution < 1.29 is 18.3 Å². The molecule has 142 valence electrons. The van der Waals surface area contributed by atoms with E-state index in [1.807, 2.05) is 0 Å². The topological polar surface area (TPSA) is 63.6 Å². The first-order valence-corrected chi connectivity index (χ1v) is 10.6. The maximum Gasteiger partial charge on any atom is 0.304 e. The van der Waals surface area contributed by atoms with E-state index in [4.69, 9.17) is 4.18 Å². The minimum Gasteiger partial charge on any atom is -0.481 e. The third kappa shape index (κ3) is 6.47. The molecule has 1 saturated heterocycles. The Balaban J connectivity index is 2.88. The third-order valence-corrected chi connectivity index (χ3v) is 7.04. The molecule has 0 aliphatic carbocycles. The number of carboxylic acid groups (broad SMARTS) is 1. The molecule has 0 aromatic carbocycles. The Morgan fingerprint density at radius 2 is 1.92 bits per heavy atom. The number of carbonyl (C=O) groups is 1. The Kier molecular flexibility index (Phi) is 8.40. The molecule has 1 N–H and O–H groups in total. The molecular formula is C19H36O4S. The first-order chi connectivity index (χ1) is 11.1. The van der Waals surface area contributed by atoms with Gasteiger partial charge in [0.25, 0.3) is 0 Å². The lowest BCUT2D eigenvalue weighted by molar-refractivity contribution is -0.138. The quantitative estimate of drug-likeness (QED) is 0.551. The van der Waals surface area contributed by atoms with Crippen LogP contribution in [0.25, 0.3) is 0 Å². The van der Waals surface area contributed by atoms with Crippen molar-refractivity contribution in [2.24, 2.45) is 11.3 Å². The summed E-state index contributed by atoms with van der Waals surface area (Å²) in [7, 11) is 0. The minimum atomic E-state index is -1.54. The second-order valence-corrected chi connectivity index (χ2v) is 9.71. The van der Waals surface area contributed by atoms with Gasteiger partial charge in [-0.1, -0.05) is 59.8 Å². The zero-order valence-corrected chi connectivity index (χ0v) is 16.9. The molecule has 24 heavy (non-hydrogen) atoms. The van der Waals surface area contributed by atoms with E-state index in [0.717, 1.165) is 51.4 Å². The van der Waals surface area contributed by atoms with Crippen molar-refractivity contribution >= 4 is 17.0 Å². The van der Waals surface area contributed by atoms with Gasteiger partial charge in [0.15, 0.2) is 11.1 Å². The van der Waals surface area contributed by atoms with Crippen LogP contribution in [0.2, 0.25) is 0 Å². The van der Waals surface area contributed by atoms with E-state index in [1.165, 1.54) is 0 Å². The van der Waals surface area contributed by atoms with Crippen molar-refractivity contribution in [2.75, 3.05) is 0 Å². The van der Waals surface area contributed by atoms with Crippen LogP contribution >= 0.6 is 0 Å². The van der Waals surface area contributed by atoms with Gasteiger partial charge in [0, 0.05) is 0 Å². The standard InChI is InChI=1S/C19H36O4S/c1-6-7-8-11-18(4)14-19(5,12-9-10-15(2)3)23-24(22)16(18)13-17(20)21/h15-16H,6-14H2,1-5H3,(H,20,21). The Morgan fingerprint density at radius 3 is 2.46 bits per heavy atom. The fourth-order valence-electron chi connectivity index (χ4n) is 4.00. The van der Waals surface area contributed by atoms with Crippen molar-refractivity contribution in [1.29, 1.82) is 0 Å². The van der Waals surface area contributed by atoms with Crippen LogP contribution in [0.4, 0.5) is 0 Å². The van der Waals surface area contributed by atoms with Crippen LogP contribution in [-0.4, -0.2) is 26.1 Å². The monoisotopic (exact) mass is 360 g/mol. The highest BCUT2D eigenvalue weighted by Crippen LogP contribution is 2.48. The van der Waals surface area contributed by atoms with E-state index in [-0.39, 0.29) is 11.8 Å². The van der Waals surface area contributed by atoms with Crippen LogP contribution in [0.15, 0.2) is 0 Å². The predicted octanol–water partition coefficient (Wildman–Crippen LogP) is 5.09. The Morgan fingerprint density at radius 1 is 1.25 bits per heavy atom. The summed E-state index contributed by atoms with van der Waals surface area (Å²) in [6.45, 7) is 10.8. The molecule has 4 atom stereocenters. The van der Waals surface area contributed by atoms with Gasteiger partial charge >= 0.3 is 5.97 Å². The summed E-state index contributed by atoms with van der Waals surface area (Å²) in [6.07, 6.45) is 8.05. The lowest BCUT2D eigenvalue weighted by Gasteiger charge is -2.48. The molecule has 1 rings (SSSR count). The second kappa shape index (κ2) is 9.33. The molecule has 0 radical (unpaired) electrons. The number of hydrogen-bond acceptors (Lipinski definition) is 3. The van der Waals surface area contributed by atoms with Crippen LogP contribution in [0.1, 0.15) is 92.4 Å². The van der Waals surface area contributed by atoms with Crippen molar-refractivity contribution in [2.45, 2.75) is 103 Å². The fourth-order valence-corrected chi connectivity index (χ4v) is 5.60. The van der Waals surface area contributed by atoms with Gasteiger partial charge in [-0.2, -0.15) is 0 Å². The summed E-state index contributed by atoms with van der Waals surface area (Å²) < 4.78 is 18.6. The van der Waals surface area contributed by atoms with Crippen LogP contribution < -0.4 is 0 Å². The van der Waals surface area contributed by atoms with Gasteiger partial charge in [-0.15, -0.1) is 0 Å². The fraction of sp³-hybridized carbons (Fsp3) is 0.947. The first kappa shape index (κ1) is 21.6. The van der Waals surface area contributed by atoms with Crippen LogP contribution in [-0.2, 0) is 20.1 Å². The van der Waals surface area contributed by atoms with Gasteiger partial charge < -0.3 is 5.11 Å². The SMILES string of the molecule is CCCCCC1(C)CC(C)(CCCC(C)C)OS(=O)C1CC(=O)O. The largest absolute Gasteiger partial charge is 0.481 e. The molecule has 0 saturated carbocycles. The Hall–Kier alpha value is -0.420. The van der Waals surface area contributed by atoms with Gasteiger partial charge in [-0.25, -0.2) is 4.21 Å². The van der Waals surface area contributed by atoms with Crippen molar-refractivity contribution in [3.05, 3.63) is 0 Å². The number of hydrogen-bond donors (Lipinski definition) is 1. The molecule has 0 bridgehead atoms. The summed E-state index contributed by atoms with van der Waals surface area (Å²) in [4.78, 5) is 11.2. The summed E-state index contributed by atoms with van der Waals surface area (Å²) in [5.41, 5.74) is -0.640. The van der Waals surface area contributed by atoms with Gasteiger partial charge in [0.05, 0.1) is 17.3 Å². The van der Waals surface area contributed by atoms with Crippen molar-refractivity contribution in [3.63, 3.8) is 0 Å². The molecule has 5 heteroatoms. The van der Waals surface area contributed by atoms with E-state index in [0.29, 0.717) is 5.92 Å². The number of rotatable bonds is 10. The number of carboxylic acids is 1. The average Bonchev–Trinajstić information content (AvgIpc) is 2.42. The van der Waals surface area contributed by atoms with E-state index in [2.05, 4.69) is 34.6 Å². The third-order valence-electron chi connectivity index (χ3n) is 5.27. The summed E-state index contributed by atoms with van der Waals surface area (Å²) in [5, 5.41) is 8.82. The summed E-state index contributed by atoms with van der Waals surface area (Å²) in [6, 6.07) is 0. The molecule has 4 unspecified atom stereocenters. The van der Waals surface area contributed by atoms with Crippen molar-refractivity contribution in [3.8, 4) is 0 Å². The van der Waals surface area contributed by atoms with E-state index < -0.39 is 27.9 Å². The molecule has 1 aliphatic heterocycles. The lowest BCUT2D eigenvalue weighted by Crippen LogP contribution is -2.51. The lowest BCUT2D eigenvalue weighted by atomic mass is 9.71. The van der Waals surface area contributed by atoms with Crippen LogP contribution in [0.5, 0.6) is 0 Å². The maximum absolute atomic E-state index is 12.7. The molecule has 0 amide bonds. The number of unbranched alkanes of at least 4 members (excludes halogenated alkanes) is 2. The van der Waals surface area contributed by atoms with Gasteiger partial charge in [0.1, 0.15) is 0 Å². The molecule has 0 aromatic heterocycles. The van der Waals surface area contributed by atoms with E-state index >= 15 is 0 Å². The van der Waals surface area contributed by atoms with Crippen molar-refractivity contribution in [1.82, 2.24) is 0 Å². The Labute approximate surface area is 150 Å². The van der Waals surface area contributed by atoms with E-state index in [1.54, 1.807) is 0 Å². The van der Waals surface area contributed by atoms with Gasteiger partial charge in [0.2, 0.25) is 0 Å². The summed E-state index contributed by atoms with van der Waals surface area (Å²) in [5.74, 6) is -0.236. The molecule has 1 heterocycles. The minimum absolute atomic E-state index is 0.0721.